The molecule has 0 amide bonds. The van der Waals surface area contributed by atoms with Crippen LogP contribution in [0.3, 0.4) is 0 Å². The van der Waals surface area contributed by atoms with Crippen molar-refractivity contribution < 1.29 is 9.52 Å². The van der Waals surface area contributed by atoms with E-state index in [2.05, 4.69) is 20.3 Å². The second kappa shape index (κ2) is 6.52. The predicted molar refractivity (Wildman–Crippen MR) is 88.7 cm³/mol. The first kappa shape index (κ1) is 15.7. The van der Waals surface area contributed by atoms with E-state index in [0.717, 1.165) is 5.56 Å². The molecule has 120 valence electrons. The van der Waals surface area contributed by atoms with Gasteiger partial charge < -0.3 is 14.8 Å². The molecule has 2 aromatic heterocycles. The van der Waals surface area contributed by atoms with Crippen molar-refractivity contribution in [3.63, 3.8) is 0 Å². The Morgan fingerprint density at radius 1 is 1.17 bits per heavy atom. The van der Waals surface area contributed by atoms with Gasteiger partial charge in [-0.05, 0) is 31.0 Å². The van der Waals surface area contributed by atoms with Gasteiger partial charge in [-0.2, -0.15) is 4.98 Å². The van der Waals surface area contributed by atoms with Crippen LogP contribution in [0.2, 0.25) is 5.02 Å². The Bertz CT molecular complexity index is 817. The zero-order valence-electron chi connectivity index (χ0n) is 12.9. The summed E-state index contributed by atoms with van der Waals surface area (Å²) >= 11 is 5.90. The predicted octanol–water partition coefficient (Wildman–Crippen LogP) is 2.90. The zero-order chi connectivity index (χ0) is 16.4. The molecule has 2 heterocycles. The van der Waals surface area contributed by atoms with Crippen molar-refractivity contribution in [2.75, 3.05) is 11.9 Å². The van der Waals surface area contributed by atoms with Gasteiger partial charge in [0.15, 0.2) is 17.2 Å². The van der Waals surface area contributed by atoms with Gasteiger partial charge in [-0.15, -0.1) is 0 Å². The van der Waals surface area contributed by atoms with Crippen molar-refractivity contribution in [1.29, 1.82) is 0 Å². The molecule has 0 saturated heterocycles. The van der Waals surface area contributed by atoms with Crippen LogP contribution in [0, 0.1) is 13.8 Å². The van der Waals surface area contributed by atoms with Crippen LogP contribution in [0.5, 0.6) is 0 Å². The van der Waals surface area contributed by atoms with Crippen molar-refractivity contribution in [2.24, 2.45) is 0 Å². The SMILES string of the molecule is Cc1nc(N[C@@H](CO)Cc2ccc(Cl)cc2)c2nc(C)oc2n1. The number of hydrogen-bond acceptors (Lipinski definition) is 6. The molecule has 6 nitrogen and oxygen atoms in total. The normalized spacial score (nSPS) is 12.5. The number of halogens is 1. The average Bonchev–Trinajstić information content (AvgIpc) is 2.89. The number of nitrogens with zero attached hydrogens (tertiary/aromatic N) is 3. The molecule has 0 bridgehead atoms. The van der Waals surface area contributed by atoms with Gasteiger partial charge in [0.2, 0.25) is 0 Å². The molecule has 0 saturated carbocycles. The van der Waals surface area contributed by atoms with Crippen molar-refractivity contribution in [3.8, 4) is 0 Å². The lowest BCUT2D eigenvalue weighted by Gasteiger charge is -2.17. The minimum atomic E-state index is -0.203. The number of rotatable bonds is 5. The smallest absolute Gasteiger partial charge is 0.252 e. The first-order valence-electron chi connectivity index (χ1n) is 7.29. The maximum absolute atomic E-state index is 9.67. The Hall–Kier alpha value is -2.18. The Kier molecular flexibility index (Phi) is 4.45. The van der Waals surface area contributed by atoms with Crippen LogP contribution in [0.1, 0.15) is 17.3 Å². The summed E-state index contributed by atoms with van der Waals surface area (Å²) in [7, 11) is 0. The summed E-state index contributed by atoms with van der Waals surface area (Å²) in [5.41, 5.74) is 2.09. The van der Waals surface area contributed by atoms with Gasteiger partial charge in [-0.3, -0.25) is 0 Å². The average molecular weight is 333 g/mol. The highest BCUT2D eigenvalue weighted by atomic mass is 35.5. The van der Waals surface area contributed by atoms with E-state index < -0.39 is 0 Å². The summed E-state index contributed by atoms with van der Waals surface area (Å²) in [6.07, 6.45) is 0.634. The number of fused-ring (bicyclic) bond motifs is 1. The second-order valence-electron chi connectivity index (χ2n) is 5.36. The highest BCUT2D eigenvalue weighted by Gasteiger charge is 2.16. The Labute approximate surface area is 138 Å². The van der Waals surface area contributed by atoms with Gasteiger partial charge in [0.25, 0.3) is 5.71 Å². The monoisotopic (exact) mass is 332 g/mol. The topological polar surface area (TPSA) is 84.1 Å². The highest BCUT2D eigenvalue weighted by Crippen LogP contribution is 2.22. The van der Waals surface area contributed by atoms with E-state index in [1.807, 2.05) is 24.3 Å². The first-order valence-corrected chi connectivity index (χ1v) is 7.66. The highest BCUT2D eigenvalue weighted by molar-refractivity contribution is 6.30. The maximum Gasteiger partial charge on any atom is 0.252 e. The number of hydrogen-bond donors (Lipinski definition) is 2. The summed E-state index contributed by atoms with van der Waals surface area (Å²) < 4.78 is 5.46. The number of anilines is 1. The molecule has 3 rings (SSSR count). The van der Waals surface area contributed by atoms with Gasteiger partial charge >= 0.3 is 0 Å². The summed E-state index contributed by atoms with van der Waals surface area (Å²) in [5, 5.41) is 13.6. The molecule has 0 spiro atoms. The number of aliphatic hydroxyl groups is 1. The molecular weight excluding hydrogens is 316 g/mol. The summed E-state index contributed by atoms with van der Waals surface area (Å²) in [5.74, 6) is 1.68. The summed E-state index contributed by atoms with van der Waals surface area (Å²) in [6, 6.07) is 7.34. The lowest BCUT2D eigenvalue weighted by atomic mass is 10.1. The van der Waals surface area contributed by atoms with E-state index >= 15 is 0 Å². The molecule has 7 heteroatoms. The minimum absolute atomic E-state index is 0.0377. The van der Waals surface area contributed by atoms with Gasteiger partial charge in [-0.1, -0.05) is 23.7 Å². The molecular formula is C16H17ClN4O2. The van der Waals surface area contributed by atoms with Crippen LogP contribution in [-0.4, -0.2) is 32.7 Å². The Morgan fingerprint density at radius 3 is 2.61 bits per heavy atom. The van der Waals surface area contributed by atoms with Gasteiger partial charge in [0.1, 0.15) is 5.82 Å². The largest absolute Gasteiger partial charge is 0.422 e. The molecule has 0 fully saturated rings. The number of aliphatic hydroxyl groups excluding tert-OH is 1. The van der Waals surface area contributed by atoms with Crippen molar-refractivity contribution in [3.05, 3.63) is 46.6 Å². The van der Waals surface area contributed by atoms with Gasteiger partial charge in [0.05, 0.1) is 12.6 Å². The fourth-order valence-corrected chi connectivity index (χ4v) is 2.52. The number of nitrogens with one attached hydrogen (secondary N) is 1. The molecule has 0 aliphatic carbocycles. The number of oxazole rings is 1. The molecule has 1 aromatic carbocycles. The number of aryl methyl sites for hydroxylation is 2. The van der Waals surface area contributed by atoms with Crippen molar-refractivity contribution >= 4 is 28.6 Å². The van der Waals surface area contributed by atoms with Crippen LogP contribution in [0.4, 0.5) is 5.82 Å². The zero-order valence-corrected chi connectivity index (χ0v) is 13.6. The van der Waals surface area contributed by atoms with E-state index in [-0.39, 0.29) is 12.6 Å². The molecule has 0 radical (unpaired) electrons. The van der Waals surface area contributed by atoms with Crippen LogP contribution < -0.4 is 5.32 Å². The van der Waals surface area contributed by atoms with Crippen LogP contribution in [0.25, 0.3) is 11.2 Å². The molecule has 1 atom stereocenters. The summed E-state index contributed by atoms with van der Waals surface area (Å²) in [6.45, 7) is 3.51. The second-order valence-corrected chi connectivity index (χ2v) is 5.80. The third-order valence-electron chi connectivity index (χ3n) is 3.43. The lowest BCUT2D eigenvalue weighted by molar-refractivity contribution is 0.273. The fraction of sp³-hybridized carbons (Fsp3) is 0.312. The third-order valence-corrected chi connectivity index (χ3v) is 3.69. The third kappa shape index (κ3) is 3.60. The van der Waals surface area contributed by atoms with E-state index in [4.69, 9.17) is 16.0 Å². The maximum atomic E-state index is 9.67. The van der Waals surface area contributed by atoms with Crippen molar-refractivity contribution in [1.82, 2.24) is 15.0 Å². The number of aromatic nitrogens is 3. The number of benzene rings is 1. The quantitative estimate of drug-likeness (QED) is 0.747. The van der Waals surface area contributed by atoms with Crippen LogP contribution in [0.15, 0.2) is 28.7 Å². The van der Waals surface area contributed by atoms with Crippen LogP contribution >= 0.6 is 11.6 Å². The molecule has 23 heavy (non-hydrogen) atoms. The fourth-order valence-electron chi connectivity index (χ4n) is 2.39. The molecule has 0 unspecified atom stereocenters. The van der Waals surface area contributed by atoms with E-state index in [0.29, 0.717) is 40.2 Å². The molecule has 2 N–H and O–H groups in total. The van der Waals surface area contributed by atoms with E-state index in [9.17, 15) is 5.11 Å². The van der Waals surface area contributed by atoms with Crippen molar-refractivity contribution in [2.45, 2.75) is 26.3 Å². The van der Waals surface area contributed by atoms with Gasteiger partial charge in [0, 0.05) is 11.9 Å². The Balaban J connectivity index is 1.85. The van der Waals surface area contributed by atoms with E-state index in [1.165, 1.54) is 0 Å². The Morgan fingerprint density at radius 2 is 1.91 bits per heavy atom. The lowest BCUT2D eigenvalue weighted by Crippen LogP contribution is -2.27. The molecule has 3 aromatic rings. The minimum Gasteiger partial charge on any atom is -0.422 e. The standard InChI is InChI=1S/C16H17ClN4O2/c1-9-18-15(14-16(19-9)23-10(2)20-14)21-13(8-22)7-11-3-5-12(17)6-4-11/h3-6,13,22H,7-8H2,1-2H3,(H,18,19,21)/t13-/m1/s1. The van der Waals surface area contributed by atoms with Gasteiger partial charge in [-0.25, -0.2) is 9.97 Å². The first-order chi connectivity index (χ1) is 11.0. The molecule has 0 aliphatic heterocycles. The van der Waals surface area contributed by atoms with Crippen LogP contribution in [-0.2, 0) is 6.42 Å². The van der Waals surface area contributed by atoms with E-state index in [1.54, 1.807) is 13.8 Å². The summed E-state index contributed by atoms with van der Waals surface area (Å²) in [4.78, 5) is 12.9. The molecule has 0 aliphatic rings.